The van der Waals surface area contributed by atoms with Gasteiger partial charge < -0.3 is 5.84 Å². The quantitative estimate of drug-likeness (QED) is 0.514. The molecule has 0 saturated heterocycles. The van der Waals surface area contributed by atoms with Crippen LogP contribution in [-0.4, -0.2) is 19.8 Å². The Balaban J connectivity index is 2.40. The topological polar surface area (TPSA) is 99.9 Å². The minimum absolute atomic E-state index is 0.0423. The van der Waals surface area contributed by atoms with Crippen molar-refractivity contribution in [3.8, 4) is 0 Å². The molecular weight excluding hydrogens is 254 g/mol. The number of benzene rings is 1. The molecule has 0 atom stereocenters. The van der Waals surface area contributed by atoms with E-state index in [1.54, 1.807) is 26.0 Å². The second-order valence-corrected chi connectivity index (χ2v) is 4.74. The number of rotatable bonds is 3. The average Bonchev–Trinajstić information content (AvgIpc) is 2.63. The molecule has 0 radical (unpaired) electrons. The lowest BCUT2D eigenvalue weighted by molar-refractivity contribution is -0.387. The second-order valence-electron chi connectivity index (χ2n) is 3.73. The molecule has 0 amide bonds. The van der Waals surface area contributed by atoms with E-state index < -0.39 is 4.92 Å². The molecule has 0 aliphatic heterocycles. The summed E-state index contributed by atoms with van der Waals surface area (Å²) in [6.45, 7) is 3.51. The number of nitro benzene ring substituents is 1. The second kappa shape index (κ2) is 4.65. The number of nitrogens with two attached hydrogens (primary N) is 1. The van der Waals surface area contributed by atoms with Gasteiger partial charge in [-0.05, 0) is 37.2 Å². The third-order valence-corrected chi connectivity index (χ3v) is 3.37. The summed E-state index contributed by atoms with van der Waals surface area (Å²) < 4.78 is 1.30. The molecule has 0 unspecified atom stereocenters. The first-order valence-electron chi connectivity index (χ1n) is 5.09. The molecule has 0 aliphatic rings. The first kappa shape index (κ1) is 12.4. The highest BCUT2D eigenvalue weighted by Crippen LogP contribution is 2.33. The number of nitro groups is 1. The van der Waals surface area contributed by atoms with Crippen LogP contribution in [-0.2, 0) is 0 Å². The lowest BCUT2D eigenvalue weighted by Crippen LogP contribution is -2.11. The van der Waals surface area contributed by atoms with Crippen LogP contribution in [0.15, 0.2) is 28.3 Å². The Hall–Kier alpha value is -2.09. The molecule has 8 heteroatoms. The van der Waals surface area contributed by atoms with E-state index >= 15 is 0 Å². The number of aromatic nitrogens is 3. The van der Waals surface area contributed by atoms with Crippen LogP contribution in [0.4, 0.5) is 5.69 Å². The highest BCUT2D eigenvalue weighted by atomic mass is 32.2. The molecule has 1 heterocycles. The van der Waals surface area contributed by atoms with Gasteiger partial charge in [-0.3, -0.25) is 10.1 Å². The zero-order valence-electron chi connectivity index (χ0n) is 9.82. The molecule has 7 nitrogen and oxygen atoms in total. The van der Waals surface area contributed by atoms with E-state index in [1.165, 1.54) is 10.7 Å². The lowest BCUT2D eigenvalue weighted by atomic mass is 10.2. The highest BCUT2D eigenvalue weighted by molar-refractivity contribution is 7.99. The van der Waals surface area contributed by atoms with E-state index in [-0.39, 0.29) is 5.69 Å². The lowest BCUT2D eigenvalue weighted by Gasteiger charge is -2.03. The molecule has 2 aromatic rings. The van der Waals surface area contributed by atoms with E-state index in [0.29, 0.717) is 15.9 Å². The predicted octanol–water partition coefficient (Wildman–Crippen LogP) is 1.67. The first-order chi connectivity index (χ1) is 8.49. The molecule has 0 saturated carbocycles. The Morgan fingerprint density at radius 2 is 2.11 bits per heavy atom. The minimum Gasteiger partial charge on any atom is -0.336 e. The van der Waals surface area contributed by atoms with Gasteiger partial charge in [0.15, 0.2) is 0 Å². The molecular formula is C10H11N5O2S. The Kier molecular flexibility index (Phi) is 3.19. The average molecular weight is 265 g/mol. The van der Waals surface area contributed by atoms with Crippen LogP contribution in [0.5, 0.6) is 0 Å². The summed E-state index contributed by atoms with van der Waals surface area (Å²) in [6, 6.07) is 5.01. The smallest absolute Gasteiger partial charge is 0.283 e. The molecule has 0 spiro atoms. The Morgan fingerprint density at radius 3 is 2.67 bits per heavy atom. The summed E-state index contributed by atoms with van der Waals surface area (Å²) in [5, 5.41) is 19.1. The monoisotopic (exact) mass is 265 g/mol. The normalized spacial score (nSPS) is 10.6. The van der Waals surface area contributed by atoms with Crippen molar-refractivity contribution in [3.05, 3.63) is 39.7 Å². The number of nitrogen functional groups attached to an aromatic ring is 1. The van der Waals surface area contributed by atoms with E-state index in [9.17, 15) is 10.1 Å². The van der Waals surface area contributed by atoms with Crippen molar-refractivity contribution in [1.82, 2.24) is 14.9 Å². The molecule has 94 valence electrons. The fourth-order valence-electron chi connectivity index (χ4n) is 1.37. The van der Waals surface area contributed by atoms with Gasteiger partial charge in [-0.25, -0.2) is 4.68 Å². The standard InChI is InChI=1S/C10H11N5O2S/c1-6-3-4-9(8(5-6)15(16)17)18-10-13-12-7(2)14(10)11/h3-5H,11H2,1-2H3. The van der Waals surface area contributed by atoms with Gasteiger partial charge in [0, 0.05) is 6.07 Å². The van der Waals surface area contributed by atoms with Crippen LogP contribution in [0.2, 0.25) is 0 Å². The Morgan fingerprint density at radius 1 is 1.39 bits per heavy atom. The molecule has 0 aliphatic carbocycles. The van der Waals surface area contributed by atoms with Crippen LogP contribution in [0.25, 0.3) is 0 Å². The van der Waals surface area contributed by atoms with Crippen molar-refractivity contribution in [2.45, 2.75) is 23.9 Å². The minimum atomic E-state index is -0.417. The van der Waals surface area contributed by atoms with E-state index in [2.05, 4.69) is 10.2 Å². The van der Waals surface area contributed by atoms with Gasteiger partial charge in [-0.2, -0.15) is 0 Å². The first-order valence-corrected chi connectivity index (χ1v) is 5.90. The van der Waals surface area contributed by atoms with Crippen LogP contribution in [0, 0.1) is 24.0 Å². The van der Waals surface area contributed by atoms with Crippen LogP contribution < -0.4 is 5.84 Å². The summed E-state index contributed by atoms with van der Waals surface area (Å²) in [7, 11) is 0. The van der Waals surface area contributed by atoms with Gasteiger partial charge >= 0.3 is 0 Å². The number of hydrogen-bond donors (Lipinski definition) is 1. The van der Waals surface area contributed by atoms with Gasteiger partial charge in [0.25, 0.3) is 5.69 Å². The number of nitrogens with zero attached hydrogens (tertiary/aromatic N) is 4. The van der Waals surface area contributed by atoms with Gasteiger partial charge in [0.1, 0.15) is 5.82 Å². The van der Waals surface area contributed by atoms with Gasteiger partial charge in [0.2, 0.25) is 5.16 Å². The molecule has 18 heavy (non-hydrogen) atoms. The SMILES string of the molecule is Cc1ccc(Sc2nnc(C)n2N)c([N+](=O)[O-])c1. The molecule has 2 N–H and O–H groups in total. The highest BCUT2D eigenvalue weighted by Gasteiger charge is 2.17. The zero-order chi connectivity index (χ0) is 13.3. The van der Waals surface area contributed by atoms with Crippen molar-refractivity contribution in [2.75, 3.05) is 5.84 Å². The maximum absolute atomic E-state index is 11.0. The van der Waals surface area contributed by atoms with Crippen molar-refractivity contribution >= 4 is 17.4 Å². The largest absolute Gasteiger partial charge is 0.336 e. The molecule has 2 rings (SSSR count). The summed E-state index contributed by atoms with van der Waals surface area (Å²) >= 11 is 1.12. The Labute approximate surface area is 107 Å². The van der Waals surface area contributed by atoms with E-state index in [1.807, 2.05) is 0 Å². The van der Waals surface area contributed by atoms with E-state index in [4.69, 9.17) is 5.84 Å². The van der Waals surface area contributed by atoms with Crippen LogP contribution >= 0.6 is 11.8 Å². The predicted molar refractivity (Wildman–Crippen MR) is 66.9 cm³/mol. The third-order valence-electron chi connectivity index (χ3n) is 2.35. The van der Waals surface area contributed by atoms with Crippen LogP contribution in [0.1, 0.15) is 11.4 Å². The molecule has 1 aromatic heterocycles. The fourth-order valence-corrected chi connectivity index (χ4v) is 2.26. The van der Waals surface area contributed by atoms with Crippen molar-refractivity contribution in [1.29, 1.82) is 0 Å². The van der Waals surface area contributed by atoms with Gasteiger partial charge in [-0.15, -0.1) is 10.2 Å². The fraction of sp³-hybridized carbons (Fsp3) is 0.200. The molecule has 0 bridgehead atoms. The van der Waals surface area contributed by atoms with Gasteiger partial charge in [0.05, 0.1) is 9.82 Å². The Bertz CT molecular complexity index is 610. The van der Waals surface area contributed by atoms with Crippen molar-refractivity contribution in [2.24, 2.45) is 0 Å². The summed E-state index contributed by atoms with van der Waals surface area (Å²) in [5.41, 5.74) is 0.872. The zero-order valence-corrected chi connectivity index (χ0v) is 10.6. The van der Waals surface area contributed by atoms with Crippen molar-refractivity contribution in [3.63, 3.8) is 0 Å². The van der Waals surface area contributed by atoms with Crippen molar-refractivity contribution < 1.29 is 4.92 Å². The number of hydrogen-bond acceptors (Lipinski definition) is 6. The summed E-state index contributed by atoms with van der Waals surface area (Å²) in [4.78, 5) is 11.0. The third kappa shape index (κ3) is 2.28. The number of aryl methyl sites for hydroxylation is 2. The van der Waals surface area contributed by atoms with E-state index in [0.717, 1.165) is 17.3 Å². The maximum Gasteiger partial charge on any atom is 0.283 e. The van der Waals surface area contributed by atoms with Crippen LogP contribution in [0.3, 0.4) is 0 Å². The molecule has 1 aromatic carbocycles. The van der Waals surface area contributed by atoms with Gasteiger partial charge in [-0.1, -0.05) is 6.07 Å². The summed E-state index contributed by atoms with van der Waals surface area (Å²) in [6.07, 6.45) is 0. The summed E-state index contributed by atoms with van der Waals surface area (Å²) in [5.74, 6) is 6.26. The maximum atomic E-state index is 11.0. The molecule has 0 fully saturated rings.